The first-order valence-electron chi connectivity index (χ1n) is 7.72. The molecule has 0 radical (unpaired) electrons. The average Bonchev–Trinajstić information content (AvgIpc) is 3.06. The Bertz CT molecular complexity index is 686. The Morgan fingerprint density at radius 2 is 2.12 bits per heavy atom. The second kappa shape index (κ2) is 8.19. The van der Waals surface area contributed by atoms with E-state index in [-0.39, 0.29) is 12.1 Å². The minimum atomic E-state index is -0.293. The molecule has 0 spiro atoms. The lowest BCUT2D eigenvalue weighted by atomic mass is 10.1. The number of hydrogen-bond acceptors (Lipinski definition) is 5. The van der Waals surface area contributed by atoms with E-state index >= 15 is 0 Å². The van der Waals surface area contributed by atoms with E-state index in [1.807, 2.05) is 36.6 Å². The smallest absolute Gasteiger partial charge is 0.315 e. The Kier molecular flexibility index (Phi) is 6.00. The molecule has 0 aliphatic carbocycles. The van der Waals surface area contributed by atoms with Crippen LogP contribution in [0.15, 0.2) is 24.5 Å². The van der Waals surface area contributed by atoms with Gasteiger partial charge in [0, 0.05) is 12.1 Å². The van der Waals surface area contributed by atoms with Crippen LogP contribution in [0.5, 0.6) is 11.5 Å². The molecule has 8 heteroatoms. The van der Waals surface area contributed by atoms with Crippen molar-refractivity contribution in [2.75, 3.05) is 14.2 Å². The van der Waals surface area contributed by atoms with Crippen LogP contribution in [0.25, 0.3) is 0 Å². The second-order valence-corrected chi connectivity index (χ2v) is 5.19. The van der Waals surface area contributed by atoms with Crippen LogP contribution in [0.3, 0.4) is 0 Å². The number of rotatable bonds is 7. The molecule has 2 amide bonds. The molecule has 2 N–H and O–H groups in total. The zero-order chi connectivity index (χ0) is 17.5. The molecule has 1 unspecified atom stereocenters. The van der Waals surface area contributed by atoms with Gasteiger partial charge in [-0.25, -0.2) is 4.79 Å². The summed E-state index contributed by atoms with van der Waals surface area (Å²) in [5.41, 5.74) is 0.837. The third kappa shape index (κ3) is 4.15. The summed E-state index contributed by atoms with van der Waals surface area (Å²) in [6.45, 7) is 4.93. The molecule has 8 nitrogen and oxygen atoms in total. The number of hydrogen-bond donors (Lipinski definition) is 2. The highest BCUT2D eigenvalue weighted by Gasteiger charge is 2.15. The first-order chi connectivity index (χ1) is 11.6. The number of benzene rings is 1. The van der Waals surface area contributed by atoms with Crippen molar-refractivity contribution >= 4 is 6.03 Å². The van der Waals surface area contributed by atoms with Crippen molar-refractivity contribution in [3.8, 4) is 11.5 Å². The molecule has 1 aromatic heterocycles. The zero-order valence-corrected chi connectivity index (χ0v) is 14.4. The van der Waals surface area contributed by atoms with Gasteiger partial charge >= 0.3 is 6.03 Å². The number of aryl methyl sites for hydroxylation is 1. The lowest BCUT2D eigenvalue weighted by Crippen LogP contribution is -2.37. The summed E-state index contributed by atoms with van der Waals surface area (Å²) >= 11 is 0. The van der Waals surface area contributed by atoms with Crippen molar-refractivity contribution in [3.05, 3.63) is 35.9 Å². The fraction of sp³-hybridized carbons (Fsp3) is 0.438. The van der Waals surface area contributed by atoms with Gasteiger partial charge in [-0.3, -0.25) is 0 Å². The Balaban J connectivity index is 1.98. The van der Waals surface area contributed by atoms with E-state index in [9.17, 15) is 4.79 Å². The molecular formula is C16H23N5O3. The molecule has 0 bridgehead atoms. The van der Waals surface area contributed by atoms with Crippen LogP contribution in [0.2, 0.25) is 0 Å². The lowest BCUT2D eigenvalue weighted by molar-refractivity contribution is 0.237. The van der Waals surface area contributed by atoms with Crippen LogP contribution < -0.4 is 20.1 Å². The quantitative estimate of drug-likeness (QED) is 0.807. The molecule has 0 fully saturated rings. The van der Waals surface area contributed by atoms with Crippen molar-refractivity contribution in [2.24, 2.45) is 0 Å². The van der Waals surface area contributed by atoms with Crippen molar-refractivity contribution in [2.45, 2.75) is 33.0 Å². The summed E-state index contributed by atoms with van der Waals surface area (Å²) in [6.07, 6.45) is 1.64. The highest BCUT2D eigenvalue weighted by molar-refractivity contribution is 5.74. The summed E-state index contributed by atoms with van der Waals surface area (Å²) < 4.78 is 12.4. The highest BCUT2D eigenvalue weighted by Crippen LogP contribution is 2.29. The third-order valence-electron chi connectivity index (χ3n) is 3.69. The molecule has 1 heterocycles. The van der Waals surface area contributed by atoms with Gasteiger partial charge in [-0.15, -0.1) is 10.2 Å². The van der Waals surface area contributed by atoms with Crippen LogP contribution in [-0.2, 0) is 13.1 Å². The molecule has 0 saturated carbocycles. The number of nitrogens with one attached hydrogen (secondary N) is 2. The molecule has 24 heavy (non-hydrogen) atoms. The van der Waals surface area contributed by atoms with E-state index in [2.05, 4.69) is 20.8 Å². The summed E-state index contributed by atoms with van der Waals surface area (Å²) in [5.74, 6) is 2.10. The molecular weight excluding hydrogens is 310 g/mol. The van der Waals surface area contributed by atoms with Crippen LogP contribution >= 0.6 is 0 Å². The van der Waals surface area contributed by atoms with Gasteiger partial charge in [0.2, 0.25) is 0 Å². The SMILES string of the molecule is CCn1cnnc1CNC(=O)NC(C)c1cc(OC)ccc1OC. The molecule has 130 valence electrons. The molecule has 1 atom stereocenters. The summed E-state index contributed by atoms with van der Waals surface area (Å²) in [4.78, 5) is 12.1. The van der Waals surface area contributed by atoms with Crippen molar-refractivity contribution in [3.63, 3.8) is 0 Å². The first kappa shape index (κ1) is 17.6. The van der Waals surface area contributed by atoms with Gasteiger partial charge < -0.3 is 24.7 Å². The van der Waals surface area contributed by atoms with E-state index < -0.39 is 0 Å². The molecule has 2 rings (SSSR count). The summed E-state index contributed by atoms with van der Waals surface area (Å²) in [5, 5.41) is 13.5. The van der Waals surface area contributed by atoms with Crippen molar-refractivity contribution < 1.29 is 14.3 Å². The normalized spacial score (nSPS) is 11.7. The standard InChI is InChI=1S/C16H23N5O3/c1-5-21-10-18-20-15(21)9-17-16(22)19-11(2)13-8-12(23-3)6-7-14(13)24-4/h6-8,10-11H,5,9H2,1-4H3,(H2,17,19,22). The maximum absolute atomic E-state index is 12.1. The number of methoxy groups -OCH3 is 2. The zero-order valence-electron chi connectivity index (χ0n) is 14.4. The number of amides is 2. The van der Waals surface area contributed by atoms with Gasteiger partial charge in [0.25, 0.3) is 0 Å². The summed E-state index contributed by atoms with van der Waals surface area (Å²) in [7, 11) is 3.19. The van der Waals surface area contributed by atoms with Crippen molar-refractivity contribution in [1.82, 2.24) is 25.4 Å². The Labute approximate surface area is 141 Å². The number of urea groups is 1. The maximum atomic E-state index is 12.1. The van der Waals surface area contributed by atoms with E-state index in [1.54, 1.807) is 20.5 Å². The number of carbonyl (C=O) groups excluding carboxylic acids is 1. The topological polar surface area (TPSA) is 90.3 Å². The molecule has 0 aliphatic heterocycles. The van der Waals surface area contributed by atoms with Gasteiger partial charge in [0.15, 0.2) is 5.82 Å². The number of ether oxygens (including phenoxy) is 2. The van der Waals surface area contributed by atoms with Gasteiger partial charge in [-0.1, -0.05) is 0 Å². The van der Waals surface area contributed by atoms with Gasteiger partial charge in [0.1, 0.15) is 17.8 Å². The van der Waals surface area contributed by atoms with E-state index in [1.165, 1.54) is 0 Å². The van der Waals surface area contributed by atoms with Crippen LogP contribution in [0.1, 0.15) is 31.3 Å². The number of carbonyl (C=O) groups is 1. The number of nitrogens with zero attached hydrogens (tertiary/aromatic N) is 3. The Hall–Kier alpha value is -2.77. The predicted octanol–water partition coefficient (Wildman–Crippen LogP) is 1.88. The number of aromatic nitrogens is 3. The molecule has 0 saturated heterocycles. The Morgan fingerprint density at radius 3 is 2.79 bits per heavy atom. The fourth-order valence-corrected chi connectivity index (χ4v) is 2.34. The third-order valence-corrected chi connectivity index (χ3v) is 3.69. The van der Waals surface area contributed by atoms with E-state index in [0.717, 1.165) is 12.1 Å². The maximum Gasteiger partial charge on any atom is 0.315 e. The monoisotopic (exact) mass is 333 g/mol. The minimum Gasteiger partial charge on any atom is -0.497 e. The van der Waals surface area contributed by atoms with Gasteiger partial charge in [0.05, 0.1) is 26.8 Å². The first-order valence-corrected chi connectivity index (χ1v) is 7.72. The molecule has 2 aromatic rings. The van der Waals surface area contributed by atoms with E-state index in [4.69, 9.17) is 9.47 Å². The highest BCUT2D eigenvalue weighted by atomic mass is 16.5. The largest absolute Gasteiger partial charge is 0.497 e. The second-order valence-electron chi connectivity index (χ2n) is 5.19. The van der Waals surface area contributed by atoms with Crippen LogP contribution in [0.4, 0.5) is 4.79 Å². The minimum absolute atomic E-state index is 0.251. The molecule has 1 aromatic carbocycles. The average molecular weight is 333 g/mol. The summed E-state index contributed by atoms with van der Waals surface area (Å²) in [6, 6.07) is 4.93. The van der Waals surface area contributed by atoms with Gasteiger partial charge in [-0.05, 0) is 32.0 Å². The lowest BCUT2D eigenvalue weighted by Gasteiger charge is -2.18. The van der Waals surface area contributed by atoms with Crippen LogP contribution in [0, 0.1) is 0 Å². The van der Waals surface area contributed by atoms with Crippen LogP contribution in [-0.4, -0.2) is 35.0 Å². The fourth-order valence-electron chi connectivity index (χ4n) is 2.34. The Morgan fingerprint density at radius 1 is 1.33 bits per heavy atom. The van der Waals surface area contributed by atoms with E-state index in [0.29, 0.717) is 23.9 Å². The molecule has 0 aliphatic rings. The predicted molar refractivity (Wildman–Crippen MR) is 89.0 cm³/mol. The van der Waals surface area contributed by atoms with Gasteiger partial charge in [-0.2, -0.15) is 0 Å². The van der Waals surface area contributed by atoms with Crippen molar-refractivity contribution in [1.29, 1.82) is 0 Å².